The van der Waals surface area contributed by atoms with E-state index in [1.807, 2.05) is 0 Å². The standard InChI is InChI=1S/C9H9ClFNO2/c1-14-5-12-9(13)7-3-2-6(10)4-8(7)11/h2-4H,5H2,1H3,(H,12,13). The number of amides is 1. The molecule has 0 bridgehead atoms. The molecule has 0 aliphatic rings. The summed E-state index contributed by atoms with van der Waals surface area (Å²) in [5, 5.41) is 2.62. The maximum absolute atomic E-state index is 13.1. The van der Waals surface area contributed by atoms with Gasteiger partial charge in [0.2, 0.25) is 0 Å². The van der Waals surface area contributed by atoms with Crippen LogP contribution in [0.4, 0.5) is 4.39 Å². The number of hydrogen-bond donors (Lipinski definition) is 1. The number of ether oxygens (including phenoxy) is 1. The molecule has 0 heterocycles. The highest BCUT2D eigenvalue weighted by atomic mass is 35.5. The van der Waals surface area contributed by atoms with E-state index in [0.717, 1.165) is 6.07 Å². The van der Waals surface area contributed by atoms with Crippen LogP contribution in [0.5, 0.6) is 0 Å². The molecule has 0 aromatic heterocycles. The van der Waals surface area contributed by atoms with Crippen molar-refractivity contribution in [2.75, 3.05) is 13.8 Å². The van der Waals surface area contributed by atoms with Crippen molar-refractivity contribution in [3.8, 4) is 0 Å². The molecular weight excluding hydrogens is 209 g/mol. The molecule has 0 radical (unpaired) electrons. The number of carbonyl (C=O) groups excluding carboxylic acids is 1. The highest BCUT2D eigenvalue weighted by Gasteiger charge is 2.10. The Bertz CT molecular complexity index is 344. The van der Waals surface area contributed by atoms with Crippen LogP contribution < -0.4 is 5.32 Å². The first kappa shape index (κ1) is 10.9. The second kappa shape index (κ2) is 4.93. The van der Waals surface area contributed by atoms with E-state index in [-0.39, 0.29) is 17.3 Å². The van der Waals surface area contributed by atoms with Crippen LogP contribution in [0.15, 0.2) is 18.2 Å². The van der Waals surface area contributed by atoms with Crippen LogP contribution in [-0.2, 0) is 4.74 Å². The first-order valence-electron chi connectivity index (χ1n) is 3.87. The largest absolute Gasteiger partial charge is 0.364 e. The van der Waals surface area contributed by atoms with Crippen LogP contribution in [-0.4, -0.2) is 19.7 Å². The quantitative estimate of drug-likeness (QED) is 0.785. The Hall–Kier alpha value is -1.13. The smallest absolute Gasteiger partial charge is 0.256 e. The van der Waals surface area contributed by atoms with Crippen LogP contribution in [0.3, 0.4) is 0 Å². The summed E-state index contributed by atoms with van der Waals surface area (Å²) in [6, 6.07) is 3.86. The minimum Gasteiger partial charge on any atom is -0.364 e. The average molecular weight is 218 g/mol. The van der Waals surface area contributed by atoms with Crippen molar-refractivity contribution in [3.05, 3.63) is 34.6 Å². The summed E-state index contributed by atoms with van der Waals surface area (Å²) in [5.41, 5.74) is -0.0496. The normalized spacial score (nSPS) is 9.93. The molecular formula is C9H9ClFNO2. The molecule has 1 aromatic rings. The molecule has 76 valence electrons. The van der Waals surface area contributed by atoms with Crippen molar-refractivity contribution < 1.29 is 13.9 Å². The zero-order chi connectivity index (χ0) is 10.6. The molecule has 14 heavy (non-hydrogen) atoms. The molecule has 0 aliphatic heterocycles. The third-order valence-electron chi connectivity index (χ3n) is 1.55. The van der Waals surface area contributed by atoms with Crippen LogP contribution in [0, 0.1) is 5.82 Å². The maximum Gasteiger partial charge on any atom is 0.256 e. The Morgan fingerprint density at radius 1 is 1.64 bits per heavy atom. The molecule has 0 fully saturated rings. The van der Waals surface area contributed by atoms with E-state index in [2.05, 4.69) is 10.1 Å². The van der Waals surface area contributed by atoms with E-state index in [1.54, 1.807) is 0 Å². The van der Waals surface area contributed by atoms with Gasteiger partial charge in [-0.2, -0.15) is 0 Å². The fraction of sp³-hybridized carbons (Fsp3) is 0.222. The predicted molar refractivity (Wildman–Crippen MR) is 50.8 cm³/mol. The van der Waals surface area contributed by atoms with E-state index < -0.39 is 11.7 Å². The van der Waals surface area contributed by atoms with Crippen LogP contribution >= 0.6 is 11.6 Å². The van der Waals surface area contributed by atoms with Gasteiger partial charge in [-0.1, -0.05) is 11.6 Å². The monoisotopic (exact) mass is 217 g/mol. The number of rotatable bonds is 3. The Kier molecular flexibility index (Phi) is 3.85. The highest BCUT2D eigenvalue weighted by Crippen LogP contribution is 2.14. The molecule has 0 saturated carbocycles. The SMILES string of the molecule is COCNC(=O)c1ccc(Cl)cc1F. The molecule has 0 unspecified atom stereocenters. The van der Waals surface area contributed by atoms with Crippen molar-refractivity contribution in [1.82, 2.24) is 5.32 Å². The van der Waals surface area contributed by atoms with Crippen molar-refractivity contribution >= 4 is 17.5 Å². The van der Waals surface area contributed by atoms with Gasteiger partial charge in [-0.25, -0.2) is 4.39 Å². The predicted octanol–water partition coefficient (Wildman–Crippen LogP) is 1.81. The van der Waals surface area contributed by atoms with Crippen LogP contribution in [0.2, 0.25) is 5.02 Å². The third-order valence-corrected chi connectivity index (χ3v) is 1.79. The van der Waals surface area contributed by atoms with Gasteiger partial charge in [0.15, 0.2) is 0 Å². The van der Waals surface area contributed by atoms with E-state index >= 15 is 0 Å². The van der Waals surface area contributed by atoms with Gasteiger partial charge in [0, 0.05) is 12.1 Å². The molecule has 0 atom stereocenters. The molecule has 0 spiro atoms. The lowest BCUT2D eigenvalue weighted by atomic mass is 10.2. The van der Waals surface area contributed by atoms with Crippen molar-refractivity contribution in [3.63, 3.8) is 0 Å². The summed E-state index contributed by atoms with van der Waals surface area (Å²) < 4.78 is 17.8. The third kappa shape index (κ3) is 2.68. The fourth-order valence-electron chi connectivity index (χ4n) is 0.907. The molecule has 1 amide bonds. The molecule has 1 N–H and O–H groups in total. The van der Waals surface area contributed by atoms with E-state index in [4.69, 9.17) is 11.6 Å². The first-order chi connectivity index (χ1) is 6.65. The van der Waals surface area contributed by atoms with Gasteiger partial charge in [-0.15, -0.1) is 0 Å². The summed E-state index contributed by atoms with van der Waals surface area (Å²) in [6.07, 6.45) is 0. The number of nitrogens with one attached hydrogen (secondary N) is 1. The summed E-state index contributed by atoms with van der Waals surface area (Å²) in [5.74, 6) is -1.17. The van der Waals surface area contributed by atoms with E-state index in [9.17, 15) is 9.18 Å². The van der Waals surface area contributed by atoms with Crippen molar-refractivity contribution in [2.24, 2.45) is 0 Å². The van der Waals surface area contributed by atoms with Crippen molar-refractivity contribution in [2.45, 2.75) is 0 Å². The summed E-state index contributed by atoms with van der Waals surface area (Å²) >= 11 is 5.53. The molecule has 3 nitrogen and oxygen atoms in total. The Labute approximate surface area is 85.8 Å². The van der Waals surface area contributed by atoms with Gasteiger partial charge in [0.25, 0.3) is 5.91 Å². The lowest BCUT2D eigenvalue weighted by Gasteiger charge is -2.04. The number of carbonyl (C=O) groups is 1. The van der Waals surface area contributed by atoms with Gasteiger partial charge < -0.3 is 10.1 Å². The zero-order valence-corrected chi connectivity index (χ0v) is 8.27. The maximum atomic E-state index is 13.1. The minimum absolute atomic E-state index is 0.0426. The topological polar surface area (TPSA) is 38.3 Å². The lowest BCUT2D eigenvalue weighted by molar-refractivity contribution is 0.0868. The molecule has 1 aromatic carbocycles. The van der Waals surface area contributed by atoms with E-state index in [0.29, 0.717) is 0 Å². The summed E-state index contributed by atoms with van der Waals surface area (Å²) in [4.78, 5) is 11.3. The Morgan fingerprint density at radius 2 is 2.36 bits per heavy atom. The first-order valence-corrected chi connectivity index (χ1v) is 4.25. The number of halogens is 2. The van der Waals surface area contributed by atoms with Crippen LogP contribution in [0.1, 0.15) is 10.4 Å². The lowest BCUT2D eigenvalue weighted by Crippen LogP contribution is -2.26. The van der Waals surface area contributed by atoms with E-state index in [1.165, 1.54) is 19.2 Å². The second-order valence-corrected chi connectivity index (χ2v) is 3.00. The summed E-state index contributed by atoms with van der Waals surface area (Å²) in [6.45, 7) is 0.0426. The number of methoxy groups -OCH3 is 1. The Balaban J connectivity index is 2.80. The molecule has 5 heteroatoms. The number of benzene rings is 1. The van der Waals surface area contributed by atoms with Crippen LogP contribution in [0.25, 0.3) is 0 Å². The number of hydrogen-bond acceptors (Lipinski definition) is 2. The van der Waals surface area contributed by atoms with Gasteiger partial charge >= 0.3 is 0 Å². The Morgan fingerprint density at radius 3 is 2.93 bits per heavy atom. The van der Waals surface area contributed by atoms with Gasteiger partial charge in [-0.05, 0) is 18.2 Å². The zero-order valence-electron chi connectivity index (χ0n) is 7.51. The van der Waals surface area contributed by atoms with Crippen molar-refractivity contribution in [1.29, 1.82) is 0 Å². The van der Waals surface area contributed by atoms with Gasteiger partial charge in [-0.3, -0.25) is 4.79 Å². The minimum atomic E-state index is -0.647. The molecule has 0 saturated heterocycles. The summed E-state index contributed by atoms with van der Waals surface area (Å²) in [7, 11) is 1.43. The molecule has 0 aliphatic carbocycles. The van der Waals surface area contributed by atoms with Gasteiger partial charge in [0.1, 0.15) is 12.5 Å². The fourth-order valence-corrected chi connectivity index (χ4v) is 1.07. The van der Waals surface area contributed by atoms with Gasteiger partial charge in [0.05, 0.1) is 5.56 Å². The average Bonchev–Trinajstić information content (AvgIpc) is 2.14. The second-order valence-electron chi connectivity index (χ2n) is 2.56. The molecule has 1 rings (SSSR count). The highest BCUT2D eigenvalue weighted by molar-refractivity contribution is 6.30.